The molecule has 306 valence electrons. The van der Waals surface area contributed by atoms with Crippen LogP contribution in [-0.4, -0.2) is 61.7 Å². The molecule has 14 heteroatoms. The maximum Gasteiger partial charge on any atom is 0.294 e. The highest BCUT2D eigenvalue weighted by molar-refractivity contribution is 6.49. The first kappa shape index (κ1) is 42.3. The fourth-order valence-electron chi connectivity index (χ4n) is 7.26. The minimum atomic E-state index is -0.667. The van der Waals surface area contributed by atoms with Gasteiger partial charge in [0, 0.05) is 35.9 Å². The van der Waals surface area contributed by atoms with Crippen molar-refractivity contribution in [3.8, 4) is 11.5 Å². The zero-order valence-corrected chi connectivity index (χ0v) is 35.5. The van der Waals surface area contributed by atoms with E-state index in [0.29, 0.717) is 29.2 Å². The van der Waals surface area contributed by atoms with Gasteiger partial charge in [-0.1, -0.05) is 47.8 Å². The minimum absolute atomic E-state index is 0.121. The number of aromatic nitrogens is 2. The first-order chi connectivity index (χ1) is 28.0. The monoisotopic (exact) mass is 828 g/mol. The number of fused-ring (bicyclic) bond motifs is 2. The van der Waals surface area contributed by atoms with Gasteiger partial charge in [0.15, 0.2) is 5.71 Å². The van der Waals surface area contributed by atoms with Crippen molar-refractivity contribution >= 4 is 68.5 Å². The van der Waals surface area contributed by atoms with Crippen molar-refractivity contribution in [1.29, 1.82) is 0 Å². The van der Waals surface area contributed by atoms with Crippen LogP contribution in [0.3, 0.4) is 0 Å². The lowest BCUT2D eigenvalue weighted by Gasteiger charge is -2.29. The van der Waals surface area contributed by atoms with Crippen LogP contribution in [0.2, 0.25) is 10.0 Å². The van der Waals surface area contributed by atoms with Gasteiger partial charge in [0.25, 0.3) is 11.5 Å². The van der Waals surface area contributed by atoms with Crippen molar-refractivity contribution in [2.24, 2.45) is 4.99 Å². The van der Waals surface area contributed by atoms with Gasteiger partial charge >= 0.3 is 0 Å². The molecule has 0 spiro atoms. The molecule has 0 saturated heterocycles. The number of halogens is 2. The summed E-state index contributed by atoms with van der Waals surface area (Å²) >= 11 is 12.9. The SMILES string of the molecule is CCC(OCNc1ccc(OC)c(NC(=O)/C(=N/c2ccc(N(CC)CC)c3c2CCCC3)c2nc3c(Cl)cc(Cl)cc3c(=O)n2OC)c1)Oc1ccc(C)cc1C. The standard InChI is InChI=1S/C44H50Cl2N6O6/c1-8-39(58-37-19-15-26(4)21-27(37)5)57-25-47-29-16-20-38(55-6)35(24-29)49-43(53)41(42-50-40-32(44(54)52(42)56-7)22-28(45)23-33(40)46)48-34-17-18-36(51(9-2)10-3)31-14-12-11-13-30(31)34/h15-24,39,47H,8-14,25H2,1-7H3,(H,49,53)/b48-41+. The molecule has 12 nitrogen and oxygen atoms in total. The third-order valence-corrected chi connectivity index (χ3v) is 10.7. The van der Waals surface area contributed by atoms with Gasteiger partial charge < -0.3 is 34.6 Å². The predicted octanol–water partition coefficient (Wildman–Crippen LogP) is 9.07. The third-order valence-electron chi connectivity index (χ3n) is 10.2. The van der Waals surface area contributed by atoms with E-state index < -0.39 is 17.8 Å². The molecule has 1 aliphatic rings. The van der Waals surface area contributed by atoms with Crippen molar-refractivity contribution < 1.29 is 23.8 Å². The Morgan fingerprint density at radius 2 is 1.69 bits per heavy atom. The lowest BCUT2D eigenvalue weighted by molar-refractivity contribution is -0.110. The van der Waals surface area contributed by atoms with Gasteiger partial charge in [-0.15, -0.1) is 4.73 Å². The number of hydrogen-bond acceptors (Lipinski definition) is 10. The molecule has 0 saturated carbocycles. The lowest BCUT2D eigenvalue weighted by Crippen LogP contribution is -2.36. The largest absolute Gasteiger partial charge is 0.495 e. The van der Waals surface area contributed by atoms with E-state index in [0.717, 1.165) is 71.6 Å². The Balaban J connectivity index is 1.38. The minimum Gasteiger partial charge on any atom is -0.495 e. The van der Waals surface area contributed by atoms with Crippen LogP contribution in [-0.2, 0) is 22.4 Å². The maximum absolute atomic E-state index is 14.7. The van der Waals surface area contributed by atoms with Crippen LogP contribution in [0.1, 0.15) is 68.1 Å². The number of benzene rings is 4. The van der Waals surface area contributed by atoms with Gasteiger partial charge in [0.2, 0.25) is 12.1 Å². The number of anilines is 3. The normalized spacial score (nSPS) is 13.2. The molecule has 0 aliphatic heterocycles. The molecule has 1 unspecified atom stereocenters. The summed E-state index contributed by atoms with van der Waals surface area (Å²) in [4.78, 5) is 46.3. The summed E-state index contributed by atoms with van der Waals surface area (Å²) in [6, 6.07) is 18.2. The van der Waals surface area contributed by atoms with E-state index in [1.54, 1.807) is 12.1 Å². The summed E-state index contributed by atoms with van der Waals surface area (Å²) in [5.41, 5.74) is 6.53. The summed E-state index contributed by atoms with van der Waals surface area (Å²) in [7, 11) is 2.83. The topological polar surface area (TPSA) is 129 Å². The average molecular weight is 830 g/mol. The lowest BCUT2D eigenvalue weighted by atomic mass is 9.88. The number of rotatable bonds is 16. The molecule has 1 heterocycles. The summed E-state index contributed by atoms with van der Waals surface area (Å²) in [5, 5.41) is 6.74. The summed E-state index contributed by atoms with van der Waals surface area (Å²) in [6.07, 6.45) is 3.82. The van der Waals surface area contributed by atoms with Gasteiger partial charge in [0.05, 0.1) is 34.4 Å². The molecule has 1 amide bonds. The first-order valence-electron chi connectivity index (χ1n) is 19.5. The Bertz CT molecular complexity index is 2400. The van der Waals surface area contributed by atoms with Gasteiger partial charge in [-0.25, -0.2) is 9.98 Å². The quantitative estimate of drug-likeness (QED) is 0.0740. The molecule has 1 aromatic heterocycles. The molecule has 4 aromatic carbocycles. The van der Waals surface area contributed by atoms with E-state index in [2.05, 4.69) is 41.5 Å². The number of hydrogen-bond donors (Lipinski definition) is 2. The fourth-order valence-corrected chi connectivity index (χ4v) is 7.79. The summed E-state index contributed by atoms with van der Waals surface area (Å²) in [6.45, 7) is 12.1. The third kappa shape index (κ3) is 9.20. The average Bonchev–Trinajstić information content (AvgIpc) is 3.21. The van der Waals surface area contributed by atoms with E-state index in [4.69, 9.17) is 52.2 Å². The second kappa shape index (κ2) is 19.0. The van der Waals surface area contributed by atoms with E-state index in [-0.39, 0.29) is 39.2 Å². The van der Waals surface area contributed by atoms with E-state index in [1.807, 2.05) is 45.0 Å². The molecule has 1 aliphatic carbocycles. The molecule has 0 bridgehead atoms. The Morgan fingerprint density at radius 1 is 0.948 bits per heavy atom. The van der Waals surface area contributed by atoms with Gasteiger partial charge in [0.1, 0.15) is 25.3 Å². The number of aliphatic imine (C=N–C) groups is 1. The van der Waals surface area contributed by atoms with Crippen molar-refractivity contribution in [3.05, 3.63) is 109 Å². The Hall–Kier alpha value is -5.30. The molecule has 58 heavy (non-hydrogen) atoms. The van der Waals surface area contributed by atoms with Crippen molar-refractivity contribution in [2.75, 3.05) is 49.6 Å². The van der Waals surface area contributed by atoms with Crippen LogP contribution in [0.4, 0.5) is 22.7 Å². The highest BCUT2D eigenvalue weighted by Gasteiger charge is 2.27. The number of methoxy groups -OCH3 is 1. The van der Waals surface area contributed by atoms with Crippen LogP contribution in [0.5, 0.6) is 11.5 Å². The Morgan fingerprint density at radius 3 is 2.38 bits per heavy atom. The fraction of sp³-hybridized carbons (Fsp3) is 0.364. The van der Waals surface area contributed by atoms with Crippen LogP contribution in [0.25, 0.3) is 10.9 Å². The molecular formula is C44H50Cl2N6O6. The number of nitrogens with one attached hydrogen (secondary N) is 2. The molecule has 0 radical (unpaired) electrons. The smallest absolute Gasteiger partial charge is 0.294 e. The van der Waals surface area contributed by atoms with E-state index in [9.17, 15) is 9.59 Å². The maximum atomic E-state index is 14.7. The molecule has 5 aromatic rings. The van der Waals surface area contributed by atoms with Crippen molar-refractivity contribution in [1.82, 2.24) is 9.71 Å². The zero-order chi connectivity index (χ0) is 41.5. The van der Waals surface area contributed by atoms with Gasteiger partial charge in [-0.05, 0) is 119 Å². The summed E-state index contributed by atoms with van der Waals surface area (Å²) in [5.74, 6) is 0.336. The first-order valence-corrected chi connectivity index (χ1v) is 20.3. The highest BCUT2D eigenvalue weighted by Crippen LogP contribution is 2.38. The number of carbonyl (C=O) groups excluding carboxylic acids is 1. The molecule has 1 atom stereocenters. The second-order valence-corrected chi connectivity index (χ2v) is 14.8. The number of amides is 1. The van der Waals surface area contributed by atoms with Crippen molar-refractivity contribution in [2.45, 2.75) is 73.0 Å². The Kier molecular flexibility index (Phi) is 13.8. The van der Waals surface area contributed by atoms with Crippen LogP contribution in [0, 0.1) is 13.8 Å². The number of aryl methyl sites for hydroxylation is 2. The molecule has 2 N–H and O–H groups in total. The van der Waals surface area contributed by atoms with E-state index >= 15 is 0 Å². The van der Waals surface area contributed by atoms with Gasteiger partial charge in [-0.2, -0.15) is 0 Å². The predicted molar refractivity (Wildman–Crippen MR) is 233 cm³/mol. The Labute approximate surface area is 349 Å². The van der Waals surface area contributed by atoms with E-state index in [1.165, 1.54) is 31.9 Å². The highest BCUT2D eigenvalue weighted by atomic mass is 35.5. The zero-order valence-electron chi connectivity index (χ0n) is 34.0. The van der Waals surface area contributed by atoms with Crippen LogP contribution >= 0.6 is 23.2 Å². The van der Waals surface area contributed by atoms with Crippen LogP contribution in [0.15, 0.2) is 70.5 Å². The van der Waals surface area contributed by atoms with Crippen molar-refractivity contribution in [3.63, 3.8) is 0 Å². The number of nitrogens with zero attached hydrogens (tertiary/aromatic N) is 4. The van der Waals surface area contributed by atoms with Gasteiger partial charge in [-0.3, -0.25) is 9.59 Å². The second-order valence-electron chi connectivity index (χ2n) is 14.0. The number of ether oxygens (including phenoxy) is 3. The molecular weight excluding hydrogens is 779 g/mol. The molecule has 6 rings (SSSR count). The molecule has 0 fully saturated rings. The van der Waals surface area contributed by atoms with Crippen LogP contribution < -0.4 is 35.4 Å². The summed E-state index contributed by atoms with van der Waals surface area (Å²) < 4.78 is 18.8. The number of carbonyl (C=O) groups is 1.